The van der Waals surface area contributed by atoms with Crippen molar-refractivity contribution in [3.8, 4) is 0 Å². The molecule has 8 rings (SSSR count). The lowest BCUT2D eigenvalue weighted by molar-refractivity contribution is 0.0990. The second-order valence-electron chi connectivity index (χ2n) is 11.8. The van der Waals surface area contributed by atoms with Gasteiger partial charge in [0, 0.05) is 28.2 Å². The molecule has 6 aromatic carbocycles. The molecule has 1 unspecified atom stereocenters. The maximum Gasteiger partial charge on any atom is 0.197 e. The number of para-hydroxylation sites is 1. The quantitative estimate of drug-likeness (QED) is 0.157. The van der Waals surface area contributed by atoms with E-state index in [0.717, 1.165) is 39.8 Å². The number of nitrogens with zero attached hydrogens (tertiary/aromatic N) is 1. The Bertz CT molecular complexity index is 2170. The summed E-state index contributed by atoms with van der Waals surface area (Å²) in [7, 11) is 0. The average Bonchev–Trinajstić information content (AvgIpc) is 3.29. The summed E-state index contributed by atoms with van der Waals surface area (Å²) in [6, 6.07) is 41.4. The van der Waals surface area contributed by atoms with Crippen LogP contribution in [0.4, 0.5) is 17.1 Å². The van der Waals surface area contributed by atoms with Crippen molar-refractivity contribution in [2.45, 2.75) is 13.3 Å². The molecule has 3 heteroatoms. The summed E-state index contributed by atoms with van der Waals surface area (Å²) >= 11 is 0. The molecule has 0 aliphatic heterocycles. The first-order valence-corrected chi connectivity index (χ1v) is 15.1. The van der Waals surface area contributed by atoms with E-state index >= 15 is 0 Å². The van der Waals surface area contributed by atoms with E-state index in [-0.39, 0.29) is 17.1 Å². The molecule has 0 N–H and O–H groups in total. The van der Waals surface area contributed by atoms with Crippen LogP contribution in [0.5, 0.6) is 0 Å². The molecule has 0 heterocycles. The monoisotopic (exact) mass is 567 g/mol. The maximum absolute atomic E-state index is 12.9. The van der Waals surface area contributed by atoms with E-state index in [2.05, 4.69) is 103 Å². The van der Waals surface area contributed by atoms with Gasteiger partial charge in [-0.15, -0.1) is 0 Å². The van der Waals surface area contributed by atoms with E-state index in [0.29, 0.717) is 17.0 Å². The molecule has 0 bridgehead atoms. The number of hydrogen-bond acceptors (Lipinski definition) is 3. The number of anilines is 3. The zero-order chi connectivity index (χ0) is 29.8. The van der Waals surface area contributed by atoms with Crippen molar-refractivity contribution in [3.63, 3.8) is 0 Å². The zero-order valence-corrected chi connectivity index (χ0v) is 24.3. The van der Waals surface area contributed by atoms with Crippen LogP contribution in [0, 0.1) is 5.92 Å². The standard InChI is InChI=1S/C41H29NO2/c1-26-11-13-29-22-30-16-18-36(25-33(30)23-32(29)19-26)42(34-7-3-2-4-8-34)35-17-15-28-20-27(12-14-31(28)24-35)21-39-40(43)37-9-5-6-10-38(37)41(39)44/h2-18,20-26H,19H2,1H3. The van der Waals surface area contributed by atoms with E-state index in [4.69, 9.17) is 0 Å². The number of carbonyl (C=O) groups is 2. The lowest BCUT2D eigenvalue weighted by Gasteiger charge is -2.26. The summed E-state index contributed by atoms with van der Waals surface area (Å²) in [6.45, 7) is 2.27. The minimum absolute atomic E-state index is 0.207. The van der Waals surface area contributed by atoms with Crippen LogP contribution in [0.3, 0.4) is 0 Å². The first kappa shape index (κ1) is 26.1. The molecule has 2 aliphatic carbocycles. The van der Waals surface area contributed by atoms with Crippen LogP contribution in [-0.4, -0.2) is 11.6 Å². The Morgan fingerprint density at radius 1 is 0.614 bits per heavy atom. The van der Waals surface area contributed by atoms with Gasteiger partial charge in [0.1, 0.15) is 0 Å². The number of carbonyl (C=O) groups excluding carboxylic acids is 2. The lowest BCUT2D eigenvalue weighted by Crippen LogP contribution is -2.10. The van der Waals surface area contributed by atoms with Crippen molar-refractivity contribution < 1.29 is 9.59 Å². The van der Waals surface area contributed by atoms with Crippen molar-refractivity contribution in [1.29, 1.82) is 0 Å². The van der Waals surface area contributed by atoms with Crippen LogP contribution in [0.1, 0.15) is 44.3 Å². The summed E-state index contributed by atoms with van der Waals surface area (Å²) in [5, 5.41) is 4.59. The number of rotatable bonds is 4. The van der Waals surface area contributed by atoms with Crippen molar-refractivity contribution in [2.24, 2.45) is 5.92 Å². The predicted molar refractivity (Wildman–Crippen MR) is 181 cm³/mol. The highest BCUT2D eigenvalue weighted by molar-refractivity contribution is 6.41. The van der Waals surface area contributed by atoms with Gasteiger partial charge in [0.05, 0.1) is 5.57 Å². The van der Waals surface area contributed by atoms with Gasteiger partial charge in [-0.05, 0) is 105 Å². The molecule has 0 aromatic heterocycles. The summed E-state index contributed by atoms with van der Waals surface area (Å²) in [4.78, 5) is 28.2. The summed E-state index contributed by atoms with van der Waals surface area (Å²) in [5.74, 6) is 0.136. The van der Waals surface area contributed by atoms with Gasteiger partial charge in [-0.3, -0.25) is 9.59 Å². The Balaban J connectivity index is 1.18. The molecular formula is C41H29NO2. The highest BCUT2D eigenvalue weighted by Crippen LogP contribution is 2.39. The van der Waals surface area contributed by atoms with Crippen molar-refractivity contribution in [1.82, 2.24) is 0 Å². The van der Waals surface area contributed by atoms with Crippen LogP contribution in [-0.2, 0) is 6.42 Å². The van der Waals surface area contributed by atoms with Gasteiger partial charge in [-0.25, -0.2) is 0 Å². The third-order valence-electron chi connectivity index (χ3n) is 8.82. The van der Waals surface area contributed by atoms with Crippen LogP contribution >= 0.6 is 0 Å². The van der Waals surface area contributed by atoms with Crippen LogP contribution in [0.15, 0.2) is 133 Å². The Labute approximate surface area is 256 Å². The molecule has 0 fully saturated rings. The van der Waals surface area contributed by atoms with Gasteiger partial charge < -0.3 is 4.90 Å². The minimum atomic E-state index is -0.207. The molecule has 44 heavy (non-hydrogen) atoms. The third-order valence-corrected chi connectivity index (χ3v) is 8.82. The van der Waals surface area contributed by atoms with Gasteiger partial charge >= 0.3 is 0 Å². The highest BCUT2D eigenvalue weighted by atomic mass is 16.2. The number of hydrogen-bond donors (Lipinski definition) is 0. The van der Waals surface area contributed by atoms with Crippen LogP contribution in [0.2, 0.25) is 0 Å². The first-order chi connectivity index (χ1) is 21.5. The van der Waals surface area contributed by atoms with Crippen molar-refractivity contribution in [3.05, 3.63) is 161 Å². The van der Waals surface area contributed by atoms with Gasteiger partial charge in [-0.2, -0.15) is 0 Å². The normalized spacial score (nSPS) is 15.5. The fraction of sp³-hybridized carbons (Fsp3) is 0.0732. The van der Waals surface area contributed by atoms with E-state index in [1.165, 1.54) is 21.9 Å². The van der Waals surface area contributed by atoms with E-state index in [1.54, 1.807) is 30.3 Å². The Hall–Kier alpha value is -5.54. The van der Waals surface area contributed by atoms with Crippen molar-refractivity contribution >= 4 is 62.3 Å². The molecule has 0 spiro atoms. The fourth-order valence-corrected chi connectivity index (χ4v) is 6.58. The molecule has 2 aliphatic rings. The minimum Gasteiger partial charge on any atom is -0.310 e. The number of fused-ring (bicyclic) bond motifs is 4. The molecule has 0 saturated heterocycles. The number of allylic oxidation sites excluding steroid dienone is 2. The predicted octanol–water partition coefficient (Wildman–Crippen LogP) is 10.1. The molecule has 210 valence electrons. The summed E-state index contributed by atoms with van der Waals surface area (Å²) in [5.41, 5.74) is 7.97. The second kappa shape index (κ2) is 10.3. The molecule has 0 radical (unpaired) electrons. The topological polar surface area (TPSA) is 37.4 Å². The highest BCUT2D eigenvalue weighted by Gasteiger charge is 2.32. The Morgan fingerprint density at radius 2 is 1.23 bits per heavy atom. The van der Waals surface area contributed by atoms with E-state index in [1.807, 2.05) is 18.2 Å². The Kier molecular flexibility index (Phi) is 6.13. The molecule has 3 nitrogen and oxygen atoms in total. The maximum atomic E-state index is 12.9. The molecule has 1 atom stereocenters. The Morgan fingerprint density at radius 3 is 1.95 bits per heavy atom. The van der Waals surface area contributed by atoms with Gasteiger partial charge in [-0.1, -0.05) is 91.9 Å². The SMILES string of the molecule is CC1C=Cc2cc3ccc(N(c4ccccc4)c4ccc5cc(C=C6C(=O)c7ccccc7C6=O)ccc5c4)cc3cc2C1. The summed E-state index contributed by atoms with van der Waals surface area (Å²) in [6.07, 6.45) is 7.34. The fourth-order valence-electron chi connectivity index (χ4n) is 6.58. The van der Waals surface area contributed by atoms with Gasteiger partial charge in [0.15, 0.2) is 11.6 Å². The lowest BCUT2D eigenvalue weighted by atomic mass is 9.88. The molecular weight excluding hydrogens is 538 g/mol. The molecule has 0 saturated carbocycles. The number of benzene rings is 6. The molecule has 6 aromatic rings. The number of ketones is 2. The van der Waals surface area contributed by atoms with Gasteiger partial charge in [0.2, 0.25) is 0 Å². The van der Waals surface area contributed by atoms with Crippen LogP contribution < -0.4 is 4.90 Å². The average molecular weight is 568 g/mol. The smallest absolute Gasteiger partial charge is 0.197 e. The van der Waals surface area contributed by atoms with E-state index < -0.39 is 0 Å². The molecule has 0 amide bonds. The van der Waals surface area contributed by atoms with E-state index in [9.17, 15) is 9.59 Å². The first-order valence-electron chi connectivity index (χ1n) is 15.1. The number of Topliss-reactive ketones (excluding diaryl/α,β-unsaturated/α-hetero) is 2. The largest absolute Gasteiger partial charge is 0.310 e. The van der Waals surface area contributed by atoms with Gasteiger partial charge in [0.25, 0.3) is 0 Å². The zero-order valence-electron chi connectivity index (χ0n) is 24.3. The summed E-state index contributed by atoms with van der Waals surface area (Å²) < 4.78 is 0. The van der Waals surface area contributed by atoms with Crippen LogP contribution in [0.25, 0.3) is 33.7 Å². The third kappa shape index (κ3) is 4.45. The second-order valence-corrected chi connectivity index (χ2v) is 11.8. The van der Waals surface area contributed by atoms with Crippen molar-refractivity contribution in [2.75, 3.05) is 4.90 Å².